The number of para-hydroxylation sites is 1. The van der Waals surface area contributed by atoms with Crippen LogP contribution in [0.5, 0.6) is 5.75 Å². The van der Waals surface area contributed by atoms with Crippen molar-refractivity contribution < 1.29 is 24.8 Å². The van der Waals surface area contributed by atoms with Crippen LogP contribution in [0, 0.1) is 18.1 Å². The molecule has 39 heavy (non-hydrogen) atoms. The summed E-state index contributed by atoms with van der Waals surface area (Å²) in [6, 6.07) is 31.0. The normalized spacial score (nSPS) is 17.2. The second kappa shape index (κ2) is 10.9. The van der Waals surface area contributed by atoms with Crippen LogP contribution in [0.2, 0.25) is 0 Å². The molecule has 0 spiro atoms. The Labute approximate surface area is 243 Å². The van der Waals surface area contributed by atoms with E-state index < -0.39 is 0 Å². The van der Waals surface area contributed by atoms with Crippen molar-refractivity contribution in [1.29, 1.82) is 0 Å². The van der Waals surface area contributed by atoms with E-state index in [9.17, 15) is 0 Å². The first-order valence-corrected chi connectivity index (χ1v) is 13.6. The van der Waals surface area contributed by atoms with Crippen molar-refractivity contribution >= 4 is 16.6 Å². The fourth-order valence-electron chi connectivity index (χ4n) is 6.18. The van der Waals surface area contributed by atoms with Crippen molar-refractivity contribution in [3.8, 4) is 28.4 Å². The molecule has 2 aliphatic heterocycles. The molecule has 3 aromatic carbocycles. The minimum Gasteiger partial charge on any atom is -0.503 e. The minimum absolute atomic E-state index is 0. The number of benzene rings is 3. The SMILES string of the molecule is CC1Oc2cccnc2-c2[c-]cccc21.[Ir].[c-]1ccccc1-c1nc2cccc3c2n1CC=C3C1CCCC1. The Morgan fingerprint density at radius 3 is 2.64 bits per heavy atom. The van der Waals surface area contributed by atoms with Gasteiger partial charge in [0, 0.05) is 44.1 Å². The second-order valence-electron chi connectivity index (χ2n) is 10.2. The summed E-state index contributed by atoms with van der Waals surface area (Å²) in [7, 11) is 0. The molecule has 0 amide bonds. The summed E-state index contributed by atoms with van der Waals surface area (Å²) in [6.45, 7) is 2.97. The second-order valence-corrected chi connectivity index (χ2v) is 10.2. The molecule has 1 fully saturated rings. The van der Waals surface area contributed by atoms with Gasteiger partial charge in [0.1, 0.15) is 5.75 Å². The Morgan fingerprint density at radius 1 is 0.923 bits per heavy atom. The van der Waals surface area contributed by atoms with Crippen molar-refractivity contribution in [2.75, 3.05) is 0 Å². The summed E-state index contributed by atoms with van der Waals surface area (Å²) in [4.78, 5) is 9.25. The Kier molecular flexibility index (Phi) is 7.20. The van der Waals surface area contributed by atoms with E-state index >= 15 is 0 Å². The van der Waals surface area contributed by atoms with E-state index in [1.165, 1.54) is 36.8 Å². The first kappa shape index (κ1) is 25.7. The zero-order valence-corrected chi connectivity index (χ0v) is 24.3. The van der Waals surface area contributed by atoms with E-state index in [0.29, 0.717) is 0 Å². The molecule has 1 atom stereocenters. The zero-order chi connectivity index (χ0) is 25.5. The van der Waals surface area contributed by atoms with Crippen molar-refractivity contribution in [2.24, 2.45) is 5.92 Å². The van der Waals surface area contributed by atoms with Crippen LogP contribution >= 0.6 is 0 Å². The van der Waals surface area contributed by atoms with Gasteiger partial charge < -0.3 is 14.3 Å². The van der Waals surface area contributed by atoms with E-state index in [2.05, 4.69) is 64.2 Å². The van der Waals surface area contributed by atoms with Gasteiger partial charge in [-0.15, -0.1) is 65.7 Å². The first-order valence-electron chi connectivity index (χ1n) is 13.6. The van der Waals surface area contributed by atoms with Crippen LogP contribution in [-0.4, -0.2) is 14.5 Å². The third-order valence-corrected chi connectivity index (χ3v) is 7.95. The van der Waals surface area contributed by atoms with Gasteiger partial charge in [-0.05, 0) is 49.5 Å². The Bertz CT molecular complexity index is 1650. The average molecular weight is 688 g/mol. The number of aromatic nitrogens is 3. The molecule has 4 heterocycles. The van der Waals surface area contributed by atoms with E-state index in [1.807, 2.05) is 43.3 Å². The van der Waals surface area contributed by atoms with Gasteiger partial charge >= 0.3 is 0 Å². The maximum absolute atomic E-state index is 5.78. The van der Waals surface area contributed by atoms with Crippen LogP contribution in [-0.2, 0) is 26.7 Å². The van der Waals surface area contributed by atoms with Crippen LogP contribution < -0.4 is 4.74 Å². The number of ether oxygens (including phenoxy) is 1. The topological polar surface area (TPSA) is 39.9 Å². The quantitative estimate of drug-likeness (QED) is 0.176. The van der Waals surface area contributed by atoms with Gasteiger partial charge in [0.05, 0.1) is 23.0 Å². The fourth-order valence-corrected chi connectivity index (χ4v) is 6.18. The van der Waals surface area contributed by atoms with Gasteiger partial charge in [-0.1, -0.05) is 36.6 Å². The molecule has 4 nitrogen and oxygen atoms in total. The number of fused-ring (bicyclic) bond motifs is 3. The number of allylic oxidation sites excluding steroid dienone is 2. The largest absolute Gasteiger partial charge is 0.503 e. The molecule has 0 N–H and O–H groups in total. The summed E-state index contributed by atoms with van der Waals surface area (Å²) in [5.74, 6) is 2.63. The molecule has 1 saturated carbocycles. The summed E-state index contributed by atoms with van der Waals surface area (Å²) < 4.78 is 8.13. The smallest absolute Gasteiger partial charge is 0.103 e. The standard InChI is InChI=1S/C21H19N2.C13H10NO.Ir/c1-2-9-16(10-3-1)21-22-19-12-6-11-18-17(15-7-4-5-8-15)13-14-23(21)20(18)19;1-9-10-5-2-3-6-11(10)13-12(15-9)7-4-8-14-13;/h1-3,6,9,11-13,15H,4-5,7-8,14H2;2-5,7-9H,1H3;/q2*-1;. The monoisotopic (exact) mass is 688 g/mol. The third kappa shape index (κ3) is 4.64. The van der Waals surface area contributed by atoms with Gasteiger partial charge in [-0.25, -0.2) is 0 Å². The van der Waals surface area contributed by atoms with Crippen LogP contribution in [0.4, 0.5) is 0 Å². The molecule has 1 radical (unpaired) electrons. The van der Waals surface area contributed by atoms with E-state index in [4.69, 9.17) is 9.72 Å². The Balaban J connectivity index is 0.000000151. The summed E-state index contributed by atoms with van der Waals surface area (Å²) in [5.41, 5.74) is 9.57. The van der Waals surface area contributed by atoms with Crippen molar-refractivity contribution in [1.82, 2.24) is 14.5 Å². The number of pyridine rings is 1. The molecule has 1 aliphatic carbocycles. The number of nitrogens with zero attached hydrogens (tertiary/aromatic N) is 3. The van der Waals surface area contributed by atoms with E-state index in [-0.39, 0.29) is 26.2 Å². The third-order valence-electron chi connectivity index (χ3n) is 7.95. The van der Waals surface area contributed by atoms with Crippen LogP contribution in [0.15, 0.2) is 85.1 Å². The molecule has 5 aromatic rings. The number of imidazole rings is 1. The number of hydrogen-bond acceptors (Lipinski definition) is 3. The van der Waals surface area contributed by atoms with Gasteiger partial charge in [-0.3, -0.25) is 4.98 Å². The molecule has 0 bridgehead atoms. The Morgan fingerprint density at radius 2 is 1.79 bits per heavy atom. The predicted octanol–water partition coefficient (Wildman–Crippen LogP) is 8.09. The van der Waals surface area contributed by atoms with Crippen LogP contribution in [0.3, 0.4) is 0 Å². The van der Waals surface area contributed by atoms with Gasteiger partial charge in [0.25, 0.3) is 0 Å². The zero-order valence-electron chi connectivity index (χ0n) is 21.9. The maximum Gasteiger partial charge on any atom is 0.103 e. The predicted molar refractivity (Wildman–Crippen MR) is 151 cm³/mol. The summed E-state index contributed by atoms with van der Waals surface area (Å²) in [5, 5.41) is 0. The Hall–Kier alpha value is -3.53. The first-order chi connectivity index (χ1) is 18.8. The molecular weight excluding hydrogens is 659 g/mol. The van der Waals surface area contributed by atoms with Crippen LogP contribution in [0.1, 0.15) is 49.8 Å². The molecule has 5 heteroatoms. The minimum atomic E-state index is 0. The van der Waals surface area contributed by atoms with Gasteiger partial charge in [0.2, 0.25) is 0 Å². The van der Waals surface area contributed by atoms with E-state index in [0.717, 1.165) is 51.9 Å². The molecule has 0 saturated heterocycles. The number of hydrogen-bond donors (Lipinski definition) is 0. The van der Waals surface area contributed by atoms with Crippen molar-refractivity contribution in [3.63, 3.8) is 0 Å². The van der Waals surface area contributed by atoms with Crippen molar-refractivity contribution in [3.05, 3.63) is 108 Å². The van der Waals surface area contributed by atoms with Crippen LogP contribution in [0.25, 0.3) is 39.3 Å². The molecule has 2 aromatic heterocycles. The van der Waals surface area contributed by atoms with Gasteiger partial charge in [0.15, 0.2) is 0 Å². The number of rotatable bonds is 2. The van der Waals surface area contributed by atoms with E-state index in [1.54, 1.807) is 11.8 Å². The molecular formula is C34H29IrN3O-2. The van der Waals surface area contributed by atoms with Gasteiger partial charge in [-0.2, -0.15) is 0 Å². The molecule has 3 aliphatic rings. The van der Waals surface area contributed by atoms with Crippen molar-refractivity contribution in [2.45, 2.75) is 45.3 Å². The molecule has 1 unspecified atom stereocenters. The molecule has 197 valence electrons. The summed E-state index contributed by atoms with van der Waals surface area (Å²) >= 11 is 0. The summed E-state index contributed by atoms with van der Waals surface area (Å²) in [6.07, 6.45) is 9.73. The molecule has 8 rings (SSSR count). The maximum atomic E-state index is 5.78. The fraction of sp³-hybridized carbons (Fsp3) is 0.235. The average Bonchev–Trinajstić information content (AvgIpc) is 3.64.